The second kappa shape index (κ2) is 4.97. The summed E-state index contributed by atoms with van der Waals surface area (Å²) >= 11 is 4.99. The quantitative estimate of drug-likeness (QED) is 0.842. The zero-order valence-corrected chi connectivity index (χ0v) is 13.7. The highest BCUT2D eigenvalue weighted by Gasteiger charge is 2.37. The first-order valence-electron chi connectivity index (χ1n) is 7.04. The SMILES string of the molecule is Nc1c(C(=O)N2CC3CCC(C2)O3)sc2cccc(Br)c12. The number of amides is 1. The number of morpholine rings is 1. The highest BCUT2D eigenvalue weighted by Crippen LogP contribution is 2.39. The molecule has 0 spiro atoms. The first-order valence-corrected chi connectivity index (χ1v) is 8.65. The normalized spacial score (nSPS) is 24.7. The number of carbonyl (C=O) groups excluding carboxylic acids is 1. The number of thiophene rings is 1. The summed E-state index contributed by atoms with van der Waals surface area (Å²) in [5, 5.41) is 0.946. The lowest BCUT2D eigenvalue weighted by Crippen LogP contribution is -2.45. The zero-order valence-electron chi connectivity index (χ0n) is 11.3. The van der Waals surface area contributed by atoms with Crippen LogP contribution in [-0.2, 0) is 4.74 Å². The molecule has 2 fully saturated rings. The van der Waals surface area contributed by atoms with Crippen molar-refractivity contribution in [2.75, 3.05) is 18.8 Å². The summed E-state index contributed by atoms with van der Waals surface area (Å²) < 4.78 is 7.78. The molecule has 0 saturated carbocycles. The number of fused-ring (bicyclic) bond motifs is 3. The second-order valence-electron chi connectivity index (χ2n) is 5.63. The summed E-state index contributed by atoms with van der Waals surface area (Å²) in [4.78, 5) is 15.4. The van der Waals surface area contributed by atoms with Gasteiger partial charge >= 0.3 is 0 Å². The van der Waals surface area contributed by atoms with E-state index in [2.05, 4.69) is 15.9 Å². The van der Waals surface area contributed by atoms with Crippen LogP contribution in [0.25, 0.3) is 10.1 Å². The predicted octanol–water partition coefficient (Wildman–Crippen LogP) is 3.25. The molecule has 1 aromatic heterocycles. The molecule has 0 aliphatic carbocycles. The highest BCUT2D eigenvalue weighted by molar-refractivity contribution is 9.10. The van der Waals surface area contributed by atoms with Crippen LogP contribution in [0.1, 0.15) is 22.5 Å². The monoisotopic (exact) mass is 366 g/mol. The Labute approximate surface area is 135 Å². The molecule has 3 heterocycles. The van der Waals surface area contributed by atoms with Crippen molar-refractivity contribution >= 4 is 48.9 Å². The third-order valence-corrected chi connectivity index (χ3v) is 6.05. The Morgan fingerprint density at radius 3 is 2.71 bits per heavy atom. The number of ether oxygens (including phenoxy) is 1. The lowest BCUT2D eigenvalue weighted by atomic mass is 10.2. The second-order valence-corrected chi connectivity index (χ2v) is 7.53. The molecule has 2 aromatic rings. The van der Waals surface area contributed by atoms with Crippen LogP contribution in [0.15, 0.2) is 22.7 Å². The number of anilines is 1. The average Bonchev–Trinajstić information content (AvgIpc) is 2.99. The number of nitrogens with zero attached hydrogens (tertiary/aromatic N) is 1. The molecule has 1 amide bonds. The largest absolute Gasteiger partial charge is 0.397 e. The van der Waals surface area contributed by atoms with E-state index in [0.29, 0.717) is 23.7 Å². The van der Waals surface area contributed by atoms with Gasteiger partial charge in [0.25, 0.3) is 5.91 Å². The van der Waals surface area contributed by atoms with Crippen molar-refractivity contribution in [3.63, 3.8) is 0 Å². The predicted molar refractivity (Wildman–Crippen MR) is 87.7 cm³/mol. The van der Waals surface area contributed by atoms with Gasteiger partial charge in [-0.15, -0.1) is 11.3 Å². The number of hydrogen-bond acceptors (Lipinski definition) is 4. The average molecular weight is 367 g/mol. The summed E-state index contributed by atoms with van der Waals surface area (Å²) in [5.41, 5.74) is 6.82. The van der Waals surface area contributed by atoms with Crippen LogP contribution in [0.4, 0.5) is 5.69 Å². The van der Waals surface area contributed by atoms with E-state index in [1.807, 2.05) is 23.1 Å². The molecule has 2 unspecified atom stereocenters. The van der Waals surface area contributed by atoms with Gasteiger partial charge in [0, 0.05) is 27.6 Å². The maximum atomic E-state index is 12.8. The van der Waals surface area contributed by atoms with Crippen LogP contribution in [0.3, 0.4) is 0 Å². The van der Waals surface area contributed by atoms with Crippen LogP contribution in [0.2, 0.25) is 0 Å². The fourth-order valence-electron chi connectivity index (χ4n) is 3.21. The Balaban J connectivity index is 1.71. The van der Waals surface area contributed by atoms with E-state index in [1.165, 1.54) is 11.3 Å². The van der Waals surface area contributed by atoms with Crippen LogP contribution in [0, 0.1) is 0 Å². The summed E-state index contributed by atoms with van der Waals surface area (Å²) in [7, 11) is 0. The molecule has 2 saturated heterocycles. The van der Waals surface area contributed by atoms with E-state index in [0.717, 1.165) is 27.4 Å². The summed E-state index contributed by atoms with van der Waals surface area (Å²) in [6.07, 6.45) is 2.52. The fraction of sp³-hybridized carbons (Fsp3) is 0.400. The van der Waals surface area contributed by atoms with Gasteiger partial charge in [-0.05, 0) is 25.0 Å². The molecular formula is C15H15BrN2O2S. The third-order valence-electron chi connectivity index (χ3n) is 4.23. The van der Waals surface area contributed by atoms with Gasteiger partial charge in [0.15, 0.2) is 0 Å². The van der Waals surface area contributed by atoms with Crippen molar-refractivity contribution in [1.29, 1.82) is 0 Å². The molecule has 6 heteroatoms. The molecule has 4 nitrogen and oxygen atoms in total. The number of nitrogen functional groups attached to an aromatic ring is 1. The molecule has 21 heavy (non-hydrogen) atoms. The molecule has 2 aliphatic rings. The van der Waals surface area contributed by atoms with Crippen molar-refractivity contribution in [3.05, 3.63) is 27.5 Å². The van der Waals surface area contributed by atoms with E-state index < -0.39 is 0 Å². The summed E-state index contributed by atoms with van der Waals surface area (Å²) in [6.45, 7) is 1.37. The van der Waals surface area contributed by atoms with Gasteiger partial charge in [-0.1, -0.05) is 22.0 Å². The van der Waals surface area contributed by atoms with Gasteiger partial charge in [0.2, 0.25) is 0 Å². The smallest absolute Gasteiger partial charge is 0.266 e. The van der Waals surface area contributed by atoms with Gasteiger partial charge in [-0.3, -0.25) is 4.79 Å². The fourth-order valence-corrected chi connectivity index (χ4v) is 5.04. The molecule has 2 aliphatic heterocycles. The highest BCUT2D eigenvalue weighted by atomic mass is 79.9. The van der Waals surface area contributed by atoms with E-state index in [4.69, 9.17) is 10.5 Å². The number of halogens is 1. The van der Waals surface area contributed by atoms with Crippen LogP contribution in [-0.4, -0.2) is 36.1 Å². The van der Waals surface area contributed by atoms with Crippen LogP contribution >= 0.6 is 27.3 Å². The van der Waals surface area contributed by atoms with E-state index >= 15 is 0 Å². The van der Waals surface area contributed by atoms with Crippen molar-refractivity contribution in [2.24, 2.45) is 0 Å². The lowest BCUT2D eigenvalue weighted by Gasteiger charge is -2.31. The number of likely N-dealkylation sites (tertiary alicyclic amines) is 1. The molecule has 2 bridgehead atoms. The Morgan fingerprint density at radius 2 is 2.05 bits per heavy atom. The molecule has 110 valence electrons. The zero-order chi connectivity index (χ0) is 14.6. The van der Waals surface area contributed by atoms with Crippen molar-refractivity contribution in [3.8, 4) is 0 Å². The Bertz CT molecular complexity index is 718. The number of benzene rings is 1. The van der Waals surface area contributed by atoms with Gasteiger partial charge in [0.1, 0.15) is 4.88 Å². The van der Waals surface area contributed by atoms with Gasteiger partial charge in [-0.2, -0.15) is 0 Å². The Morgan fingerprint density at radius 1 is 1.33 bits per heavy atom. The maximum absolute atomic E-state index is 12.8. The third kappa shape index (κ3) is 2.17. The molecule has 0 radical (unpaired) electrons. The van der Waals surface area contributed by atoms with Crippen molar-refractivity contribution in [2.45, 2.75) is 25.0 Å². The van der Waals surface area contributed by atoms with Gasteiger partial charge < -0.3 is 15.4 Å². The number of nitrogens with two attached hydrogens (primary N) is 1. The van der Waals surface area contributed by atoms with E-state index in [-0.39, 0.29) is 18.1 Å². The molecule has 1 aromatic carbocycles. The van der Waals surface area contributed by atoms with Crippen molar-refractivity contribution < 1.29 is 9.53 Å². The summed E-state index contributed by atoms with van der Waals surface area (Å²) in [6, 6.07) is 5.92. The van der Waals surface area contributed by atoms with Crippen LogP contribution in [0.5, 0.6) is 0 Å². The number of carbonyl (C=O) groups is 1. The molecular weight excluding hydrogens is 352 g/mol. The van der Waals surface area contributed by atoms with E-state index in [9.17, 15) is 4.79 Å². The first-order chi connectivity index (χ1) is 10.1. The maximum Gasteiger partial charge on any atom is 0.266 e. The van der Waals surface area contributed by atoms with Crippen molar-refractivity contribution in [1.82, 2.24) is 4.90 Å². The van der Waals surface area contributed by atoms with Gasteiger partial charge in [-0.25, -0.2) is 0 Å². The lowest BCUT2D eigenvalue weighted by molar-refractivity contribution is -0.0301. The Kier molecular flexibility index (Phi) is 3.20. The minimum absolute atomic E-state index is 0.0424. The molecule has 4 rings (SSSR count). The molecule has 2 atom stereocenters. The number of hydrogen-bond donors (Lipinski definition) is 1. The Hall–Kier alpha value is -1.11. The van der Waals surface area contributed by atoms with Gasteiger partial charge in [0.05, 0.1) is 17.9 Å². The molecule has 2 N–H and O–H groups in total. The summed E-state index contributed by atoms with van der Waals surface area (Å²) in [5.74, 6) is 0.0424. The first kappa shape index (κ1) is 13.5. The minimum Gasteiger partial charge on any atom is -0.397 e. The minimum atomic E-state index is 0.0424. The van der Waals surface area contributed by atoms with Crippen LogP contribution < -0.4 is 5.73 Å². The van der Waals surface area contributed by atoms with E-state index in [1.54, 1.807) is 0 Å². The topological polar surface area (TPSA) is 55.6 Å². The standard InChI is InChI=1S/C15H15BrN2O2S/c16-10-2-1-3-11-12(10)13(17)14(21-11)15(19)18-6-8-4-5-9(7-18)20-8/h1-3,8-9H,4-7,17H2. The number of rotatable bonds is 1.